The number of likely N-dealkylation sites (tertiary alicyclic amines) is 1. The lowest BCUT2D eigenvalue weighted by Crippen LogP contribution is -2.32. The van der Waals surface area contributed by atoms with E-state index < -0.39 is 36.5 Å². The molecule has 0 aliphatic carbocycles. The minimum Gasteiger partial charge on any atom is -0.331 e. The zero-order valence-corrected chi connectivity index (χ0v) is 13.5. The summed E-state index contributed by atoms with van der Waals surface area (Å²) in [5, 5.41) is 3.80. The summed E-state index contributed by atoms with van der Waals surface area (Å²) < 4.78 is 68.7. The number of hydrogen-bond acceptors (Lipinski definition) is 4. The highest BCUT2D eigenvalue weighted by Gasteiger charge is 2.41. The molecule has 0 bridgehead atoms. The minimum atomic E-state index is -4.70. The van der Waals surface area contributed by atoms with E-state index in [2.05, 4.69) is 15.1 Å². The van der Waals surface area contributed by atoms with Gasteiger partial charge in [-0.05, 0) is 6.07 Å². The molecule has 0 atom stereocenters. The molecular formula is C15H11F5N6O. The lowest BCUT2D eigenvalue weighted by molar-refractivity contribution is -0.137. The van der Waals surface area contributed by atoms with Crippen molar-refractivity contribution in [3.8, 4) is 5.69 Å². The van der Waals surface area contributed by atoms with Gasteiger partial charge in [0.15, 0.2) is 5.65 Å². The molecule has 3 aromatic heterocycles. The Balaban J connectivity index is 1.86. The van der Waals surface area contributed by atoms with Gasteiger partial charge in [0, 0.05) is 19.2 Å². The molecule has 1 amide bonds. The summed E-state index contributed by atoms with van der Waals surface area (Å²) in [5.74, 6) is -3.83. The predicted molar refractivity (Wildman–Crippen MR) is 80.6 cm³/mol. The average molecular weight is 386 g/mol. The first-order valence-electron chi connectivity index (χ1n) is 7.76. The summed E-state index contributed by atoms with van der Waals surface area (Å²) >= 11 is 0. The van der Waals surface area contributed by atoms with Crippen LogP contribution >= 0.6 is 0 Å². The third kappa shape index (κ3) is 3.00. The predicted octanol–water partition coefficient (Wildman–Crippen LogP) is 2.42. The third-order valence-corrected chi connectivity index (χ3v) is 4.26. The maximum absolute atomic E-state index is 13.4. The number of fused-ring (bicyclic) bond motifs is 1. The summed E-state index contributed by atoms with van der Waals surface area (Å²) in [5.41, 5.74) is -1.31. The average Bonchev–Trinajstić information content (AvgIpc) is 3.31. The SMILES string of the molecule is O=C(c1cnc2c(-n3cncn3)cc(C(F)(F)F)cn12)N1CCC(F)(F)C1. The molecule has 4 heterocycles. The van der Waals surface area contributed by atoms with Crippen LogP contribution in [0.4, 0.5) is 22.0 Å². The van der Waals surface area contributed by atoms with Gasteiger partial charge in [-0.15, -0.1) is 0 Å². The van der Waals surface area contributed by atoms with Gasteiger partial charge < -0.3 is 4.90 Å². The Morgan fingerprint density at radius 3 is 2.63 bits per heavy atom. The quantitative estimate of drug-likeness (QED) is 0.635. The van der Waals surface area contributed by atoms with Crippen molar-refractivity contribution in [1.29, 1.82) is 0 Å². The standard InChI is InChI=1S/C15H11F5N6O/c16-14(17)1-2-24(6-14)13(27)11-4-22-12-10(26-8-21-7-23-26)3-9(5-25(11)12)15(18,19)20/h3-5,7-8H,1-2,6H2. The zero-order valence-electron chi connectivity index (χ0n) is 13.5. The molecule has 3 aromatic rings. The number of alkyl halides is 5. The largest absolute Gasteiger partial charge is 0.417 e. The van der Waals surface area contributed by atoms with E-state index in [1.165, 1.54) is 6.33 Å². The minimum absolute atomic E-state index is 0.0165. The lowest BCUT2D eigenvalue weighted by atomic mass is 10.2. The van der Waals surface area contributed by atoms with Gasteiger partial charge in [-0.2, -0.15) is 18.3 Å². The van der Waals surface area contributed by atoms with Crippen LogP contribution in [0.1, 0.15) is 22.5 Å². The maximum Gasteiger partial charge on any atom is 0.417 e. The number of nitrogens with zero attached hydrogens (tertiary/aromatic N) is 6. The van der Waals surface area contributed by atoms with Crippen molar-refractivity contribution in [1.82, 2.24) is 29.0 Å². The van der Waals surface area contributed by atoms with E-state index >= 15 is 0 Å². The van der Waals surface area contributed by atoms with E-state index in [9.17, 15) is 26.7 Å². The smallest absolute Gasteiger partial charge is 0.331 e. The van der Waals surface area contributed by atoms with Gasteiger partial charge in [-0.25, -0.2) is 23.4 Å². The van der Waals surface area contributed by atoms with Gasteiger partial charge >= 0.3 is 6.18 Å². The van der Waals surface area contributed by atoms with E-state index in [1.54, 1.807) is 0 Å². The summed E-state index contributed by atoms with van der Waals surface area (Å²) in [6, 6.07) is 0.829. The fraction of sp³-hybridized carbons (Fsp3) is 0.333. The van der Waals surface area contributed by atoms with Crippen LogP contribution in [0.3, 0.4) is 0 Å². The molecule has 7 nitrogen and oxygen atoms in total. The van der Waals surface area contributed by atoms with Crippen LogP contribution in [0.2, 0.25) is 0 Å². The topological polar surface area (TPSA) is 68.3 Å². The Morgan fingerprint density at radius 1 is 1.26 bits per heavy atom. The monoisotopic (exact) mass is 386 g/mol. The number of imidazole rings is 1. The number of carbonyl (C=O) groups excluding carboxylic acids is 1. The Labute approximate surface area is 148 Å². The van der Waals surface area contributed by atoms with Crippen molar-refractivity contribution in [3.63, 3.8) is 0 Å². The molecular weight excluding hydrogens is 375 g/mol. The highest BCUT2D eigenvalue weighted by Crippen LogP contribution is 2.33. The van der Waals surface area contributed by atoms with Gasteiger partial charge in [0.05, 0.1) is 18.3 Å². The van der Waals surface area contributed by atoms with Crippen molar-refractivity contribution in [2.45, 2.75) is 18.5 Å². The van der Waals surface area contributed by atoms with Crippen LogP contribution in [0.15, 0.2) is 31.1 Å². The number of rotatable bonds is 2. The van der Waals surface area contributed by atoms with Crippen LogP contribution in [-0.4, -0.2) is 54.0 Å². The van der Waals surface area contributed by atoms with Gasteiger partial charge in [-0.1, -0.05) is 0 Å². The van der Waals surface area contributed by atoms with Crippen molar-refractivity contribution >= 4 is 11.6 Å². The van der Waals surface area contributed by atoms with Gasteiger partial charge in [0.2, 0.25) is 0 Å². The van der Waals surface area contributed by atoms with Crippen LogP contribution in [-0.2, 0) is 6.18 Å². The van der Waals surface area contributed by atoms with Crippen molar-refractivity contribution in [2.24, 2.45) is 0 Å². The van der Waals surface area contributed by atoms with E-state index in [4.69, 9.17) is 0 Å². The van der Waals surface area contributed by atoms with Crippen molar-refractivity contribution in [3.05, 3.63) is 42.4 Å². The molecule has 27 heavy (non-hydrogen) atoms. The number of carbonyl (C=O) groups is 1. The molecule has 0 aromatic carbocycles. The molecule has 1 aliphatic heterocycles. The molecule has 1 fully saturated rings. The third-order valence-electron chi connectivity index (χ3n) is 4.26. The van der Waals surface area contributed by atoms with E-state index in [0.29, 0.717) is 6.20 Å². The van der Waals surface area contributed by atoms with Gasteiger partial charge in [-0.3, -0.25) is 9.20 Å². The normalized spacial score (nSPS) is 17.0. The first-order valence-corrected chi connectivity index (χ1v) is 7.76. The first kappa shape index (κ1) is 17.4. The second-order valence-corrected chi connectivity index (χ2v) is 6.12. The maximum atomic E-state index is 13.4. The number of amides is 1. The molecule has 4 rings (SSSR count). The fourth-order valence-corrected chi connectivity index (χ4v) is 2.95. The van der Waals surface area contributed by atoms with Crippen LogP contribution < -0.4 is 0 Å². The van der Waals surface area contributed by atoms with Crippen LogP contribution in [0.5, 0.6) is 0 Å². The van der Waals surface area contributed by atoms with E-state index in [0.717, 1.165) is 32.6 Å². The molecule has 1 saturated heterocycles. The molecule has 0 saturated carbocycles. The lowest BCUT2D eigenvalue weighted by Gasteiger charge is -2.16. The van der Waals surface area contributed by atoms with Gasteiger partial charge in [0.25, 0.3) is 11.8 Å². The number of pyridine rings is 1. The summed E-state index contributed by atoms with van der Waals surface area (Å²) in [7, 11) is 0. The Hall–Kier alpha value is -3.05. The highest BCUT2D eigenvalue weighted by molar-refractivity contribution is 5.94. The van der Waals surface area contributed by atoms with Crippen LogP contribution in [0, 0.1) is 0 Å². The van der Waals surface area contributed by atoms with Crippen molar-refractivity contribution < 1.29 is 26.7 Å². The second kappa shape index (κ2) is 5.72. The van der Waals surface area contributed by atoms with E-state index in [-0.39, 0.29) is 23.6 Å². The summed E-state index contributed by atoms with van der Waals surface area (Å²) in [4.78, 5) is 21.2. The summed E-state index contributed by atoms with van der Waals surface area (Å²) in [6.45, 7) is -0.970. The number of aromatic nitrogens is 5. The second-order valence-electron chi connectivity index (χ2n) is 6.12. The Morgan fingerprint density at radius 2 is 2.04 bits per heavy atom. The molecule has 0 N–H and O–H groups in total. The first-order chi connectivity index (χ1) is 12.7. The molecule has 0 unspecified atom stereocenters. The molecule has 1 aliphatic rings. The Bertz CT molecular complexity index is 1010. The fourth-order valence-electron chi connectivity index (χ4n) is 2.95. The van der Waals surface area contributed by atoms with Crippen LogP contribution in [0.25, 0.3) is 11.3 Å². The number of hydrogen-bond donors (Lipinski definition) is 0. The zero-order chi connectivity index (χ0) is 19.4. The molecule has 12 heteroatoms. The molecule has 0 radical (unpaired) electrons. The summed E-state index contributed by atoms with van der Waals surface area (Å²) in [6.07, 6.45) is -1.09. The number of halogens is 5. The van der Waals surface area contributed by atoms with Gasteiger partial charge in [0.1, 0.15) is 24.0 Å². The Kier molecular flexibility index (Phi) is 3.68. The molecule has 142 valence electrons. The highest BCUT2D eigenvalue weighted by atomic mass is 19.4. The van der Waals surface area contributed by atoms with E-state index in [1.807, 2.05) is 0 Å². The van der Waals surface area contributed by atoms with Crippen molar-refractivity contribution in [2.75, 3.05) is 13.1 Å². The molecule has 0 spiro atoms.